The molecule has 3 aromatic carbocycles. The second kappa shape index (κ2) is 10.5. The maximum Gasteiger partial charge on any atom is 0.303 e. The molecule has 1 N–H and O–H groups in total. The Morgan fingerprint density at radius 3 is 2.33 bits per heavy atom. The molecule has 7 nitrogen and oxygen atoms in total. The van der Waals surface area contributed by atoms with Gasteiger partial charge in [0.05, 0.1) is 4.90 Å². The van der Waals surface area contributed by atoms with Crippen molar-refractivity contribution in [1.29, 1.82) is 0 Å². The van der Waals surface area contributed by atoms with Crippen molar-refractivity contribution >= 4 is 27.4 Å². The molecule has 4 rings (SSSR count). The fraction of sp³-hybridized carbons (Fsp3) is 0.286. The van der Waals surface area contributed by atoms with E-state index in [1.165, 1.54) is 24.3 Å². The number of fused-ring (bicyclic) bond motifs is 1. The standard InChI is InChI=1S/C28H29NO6S/c1-19-24(9-6-10-27(30)31)25-17-22(35-18-20-7-4-3-5-8-20)13-16-26(25)29(19)28(32)21-11-14-23(15-12-21)36(2,33)34/h3-5,7-8,11-17,19,24H,6,9-10,18H2,1-2H3,(H,30,31). The van der Waals surface area contributed by atoms with E-state index in [1.807, 2.05) is 55.5 Å². The number of ether oxygens (including phenoxy) is 1. The van der Waals surface area contributed by atoms with Crippen LogP contribution in [0, 0.1) is 0 Å². The summed E-state index contributed by atoms with van der Waals surface area (Å²) in [6.45, 7) is 2.37. The number of carboxylic acid groups (broad SMARTS) is 1. The predicted molar refractivity (Wildman–Crippen MR) is 137 cm³/mol. The lowest BCUT2D eigenvalue weighted by atomic mass is 9.90. The van der Waals surface area contributed by atoms with Gasteiger partial charge < -0.3 is 14.7 Å². The average molecular weight is 508 g/mol. The number of hydrogen-bond donors (Lipinski definition) is 1. The van der Waals surface area contributed by atoms with Gasteiger partial charge in [-0.05, 0) is 73.4 Å². The van der Waals surface area contributed by atoms with Crippen LogP contribution in [0.2, 0.25) is 0 Å². The van der Waals surface area contributed by atoms with Crippen molar-refractivity contribution in [1.82, 2.24) is 0 Å². The van der Waals surface area contributed by atoms with Gasteiger partial charge in [0, 0.05) is 35.9 Å². The number of hydrogen-bond acceptors (Lipinski definition) is 5. The molecule has 0 fully saturated rings. The van der Waals surface area contributed by atoms with Gasteiger partial charge in [-0.2, -0.15) is 0 Å². The fourth-order valence-electron chi connectivity index (χ4n) is 4.69. The number of amides is 1. The van der Waals surface area contributed by atoms with Crippen LogP contribution >= 0.6 is 0 Å². The molecule has 0 radical (unpaired) electrons. The molecule has 1 amide bonds. The molecule has 2 unspecified atom stereocenters. The zero-order chi connectivity index (χ0) is 25.9. The Morgan fingerprint density at radius 1 is 1.00 bits per heavy atom. The zero-order valence-electron chi connectivity index (χ0n) is 20.3. The number of aliphatic carboxylic acids is 1. The summed E-state index contributed by atoms with van der Waals surface area (Å²) in [6.07, 6.45) is 2.29. The third-order valence-corrected chi connectivity index (χ3v) is 7.68. The number of sulfone groups is 1. The summed E-state index contributed by atoms with van der Waals surface area (Å²) in [5.74, 6) is -0.457. The first-order valence-corrected chi connectivity index (χ1v) is 13.7. The summed E-state index contributed by atoms with van der Waals surface area (Å²) in [4.78, 5) is 26.5. The summed E-state index contributed by atoms with van der Waals surface area (Å²) < 4.78 is 29.6. The number of benzene rings is 3. The van der Waals surface area contributed by atoms with E-state index in [4.69, 9.17) is 9.84 Å². The molecule has 0 bridgehead atoms. The summed E-state index contributed by atoms with van der Waals surface area (Å²) in [5.41, 5.74) is 3.13. The minimum Gasteiger partial charge on any atom is -0.489 e. The van der Waals surface area contributed by atoms with E-state index in [0.29, 0.717) is 30.8 Å². The Balaban J connectivity index is 1.62. The van der Waals surface area contributed by atoms with E-state index in [-0.39, 0.29) is 29.2 Å². The van der Waals surface area contributed by atoms with Gasteiger partial charge in [0.1, 0.15) is 12.4 Å². The number of carbonyl (C=O) groups is 2. The summed E-state index contributed by atoms with van der Waals surface area (Å²) in [6, 6.07) is 21.2. The van der Waals surface area contributed by atoms with Gasteiger partial charge in [0.2, 0.25) is 0 Å². The van der Waals surface area contributed by atoms with Gasteiger partial charge >= 0.3 is 5.97 Å². The quantitative estimate of drug-likeness (QED) is 0.435. The fourth-order valence-corrected chi connectivity index (χ4v) is 5.32. The highest BCUT2D eigenvalue weighted by Gasteiger charge is 2.39. The second-order valence-corrected chi connectivity index (χ2v) is 11.1. The van der Waals surface area contributed by atoms with Gasteiger partial charge in [0.25, 0.3) is 5.91 Å². The van der Waals surface area contributed by atoms with Crippen LogP contribution in [0.4, 0.5) is 5.69 Å². The number of carbonyl (C=O) groups excluding carboxylic acids is 1. The molecule has 0 aromatic heterocycles. The molecule has 1 aliphatic rings. The highest BCUT2D eigenvalue weighted by Crippen LogP contribution is 2.45. The van der Waals surface area contributed by atoms with E-state index in [2.05, 4.69) is 0 Å². The molecule has 8 heteroatoms. The number of carboxylic acids is 1. The Bertz CT molecular complexity index is 1350. The molecule has 0 aliphatic carbocycles. The molecule has 0 saturated carbocycles. The van der Waals surface area contributed by atoms with Gasteiger partial charge in [0.15, 0.2) is 9.84 Å². The SMILES string of the molecule is CC1C(CCCC(=O)O)c2cc(OCc3ccccc3)ccc2N1C(=O)c1ccc(S(C)(=O)=O)cc1. The number of anilines is 1. The lowest BCUT2D eigenvalue weighted by molar-refractivity contribution is -0.137. The number of nitrogens with zero attached hydrogens (tertiary/aromatic N) is 1. The van der Waals surface area contributed by atoms with Crippen molar-refractivity contribution in [2.45, 2.75) is 49.6 Å². The highest BCUT2D eigenvalue weighted by atomic mass is 32.2. The van der Waals surface area contributed by atoms with E-state index in [0.717, 1.165) is 23.1 Å². The van der Waals surface area contributed by atoms with Gasteiger partial charge in [-0.25, -0.2) is 8.42 Å². The van der Waals surface area contributed by atoms with Crippen molar-refractivity contribution in [3.05, 3.63) is 89.5 Å². The predicted octanol–water partition coefficient (Wildman–Crippen LogP) is 5.06. The van der Waals surface area contributed by atoms with E-state index >= 15 is 0 Å². The van der Waals surface area contributed by atoms with Crippen LogP contribution < -0.4 is 9.64 Å². The molecule has 0 spiro atoms. The summed E-state index contributed by atoms with van der Waals surface area (Å²) in [7, 11) is -3.37. The molecule has 1 heterocycles. The Hall–Kier alpha value is -3.65. The molecule has 1 aliphatic heterocycles. The number of rotatable bonds is 9. The lowest BCUT2D eigenvalue weighted by Crippen LogP contribution is -2.37. The van der Waals surface area contributed by atoms with Crippen molar-refractivity contribution in [2.75, 3.05) is 11.2 Å². The Kier molecular flexibility index (Phi) is 7.45. The van der Waals surface area contributed by atoms with Gasteiger partial charge in [-0.15, -0.1) is 0 Å². The monoisotopic (exact) mass is 507 g/mol. The lowest BCUT2D eigenvalue weighted by Gasteiger charge is -2.25. The topological polar surface area (TPSA) is 101 Å². The first-order valence-electron chi connectivity index (χ1n) is 11.8. The highest BCUT2D eigenvalue weighted by molar-refractivity contribution is 7.90. The summed E-state index contributed by atoms with van der Waals surface area (Å²) in [5, 5.41) is 9.11. The maximum atomic E-state index is 13.6. The summed E-state index contributed by atoms with van der Waals surface area (Å²) >= 11 is 0. The third kappa shape index (κ3) is 5.60. The van der Waals surface area contributed by atoms with Crippen LogP contribution in [0.5, 0.6) is 5.75 Å². The molecular formula is C28H29NO6S. The van der Waals surface area contributed by atoms with Crippen LogP contribution in [0.15, 0.2) is 77.7 Å². The molecule has 188 valence electrons. The van der Waals surface area contributed by atoms with Crippen molar-refractivity contribution in [3.8, 4) is 5.75 Å². The van der Waals surface area contributed by atoms with Crippen molar-refractivity contribution < 1.29 is 27.9 Å². The van der Waals surface area contributed by atoms with Crippen LogP contribution in [0.3, 0.4) is 0 Å². The minimum atomic E-state index is -3.37. The minimum absolute atomic E-state index is 0.0566. The smallest absolute Gasteiger partial charge is 0.303 e. The maximum absolute atomic E-state index is 13.6. The van der Waals surface area contributed by atoms with Crippen LogP contribution in [0.1, 0.15) is 53.6 Å². The molecule has 0 saturated heterocycles. The third-order valence-electron chi connectivity index (χ3n) is 6.55. The molecule has 3 aromatic rings. The zero-order valence-corrected chi connectivity index (χ0v) is 21.1. The molecular weight excluding hydrogens is 478 g/mol. The second-order valence-electron chi connectivity index (χ2n) is 9.10. The largest absolute Gasteiger partial charge is 0.489 e. The Morgan fingerprint density at radius 2 is 1.69 bits per heavy atom. The first kappa shape index (κ1) is 25.4. The molecule has 36 heavy (non-hydrogen) atoms. The average Bonchev–Trinajstić information content (AvgIpc) is 3.13. The van der Waals surface area contributed by atoms with Gasteiger partial charge in [-0.1, -0.05) is 30.3 Å². The van der Waals surface area contributed by atoms with Crippen molar-refractivity contribution in [2.24, 2.45) is 0 Å². The van der Waals surface area contributed by atoms with E-state index in [9.17, 15) is 18.0 Å². The first-order chi connectivity index (χ1) is 17.1. The van der Waals surface area contributed by atoms with Crippen molar-refractivity contribution in [3.63, 3.8) is 0 Å². The Labute approximate surface area is 211 Å². The normalized spacial score (nSPS) is 17.0. The van der Waals surface area contributed by atoms with E-state index < -0.39 is 15.8 Å². The van der Waals surface area contributed by atoms with Crippen LogP contribution in [-0.2, 0) is 21.2 Å². The molecule has 2 atom stereocenters. The van der Waals surface area contributed by atoms with E-state index in [1.54, 1.807) is 4.90 Å². The van der Waals surface area contributed by atoms with Gasteiger partial charge in [-0.3, -0.25) is 9.59 Å². The van der Waals surface area contributed by atoms with Crippen LogP contribution in [0.25, 0.3) is 0 Å². The van der Waals surface area contributed by atoms with Crippen LogP contribution in [-0.4, -0.2) is 37.7 Å².